The van der Waals surface area contributed by atoms with Crippen molar-refractivity contribution in [3.05, 3.63) is 182 Å². The van der Waals surface area contributed by atoms with E-state index in [4.69, 9.17) is 0 Å². The Morgan fingerprint density at radius 3 is 0.708 bits per heavy atom. The average molecular weight is 607 g/mol. The molecule has 10 rings (SSSR count). The molecular formula is C48H30. The van der Waals surface area contributed by atoms with E-state index < -0.39 is 0 Å². The topological polar surface area (TPSA) is 0 Å². The molecule has 0 N–H and O–H groups in total. The average Bonchev–Trinajstić information content (AvgIpc) is 3.17. The minimum atomic E-state index is 1.24. The molecule has 0 aromatic heterocycles. The highest BCUT2D eigenvalue weighted by Crippen LogP contribution is 2.46. The van der Waals surface area contributed by atoms with E-state index in [1.54, 1.807) is 0 Å². The predicted octanol–water partition coefficient (Wildman–Crippen LogP) is 13.6. The SMILES string of the molecule is c1ccc(-c2cc3c4ccccc4c(-c4cc5c6ccccc6c(-c6ccccc6)cc5c5ccccc45)cc3c3ccccc23)cc1. The van der Waals surface area contributed by atoms with Gasteiger partial charge in [-0.3, -0.25) is 0 Å². The van der Waals surface area contributed by atoms with Crippen molar-refractivity contribution in [1.82, 2.24) is 0 Å². The maximum Gasteiger partial charge on any atom is -0.00923 e. The Balaban J connectivity index is 1.35. The molecule has 0 nitrogen and oxygen atoms in total. The first-order chi connectivity index (χ1) is 23.8. The molecule has 0 radical (unpaired) electrons. The summed E-state index contributed by atoms with van der Waals surface area (Å²) in [6.07, 6.45) is 0. The first kappa shape index (κ1) is 26.9. The van der Waals surface area contributed by atoms with E-state index >= 15 is 0 Å². The highest BCUT2D eigenvalue weighted by Gasteiger charge is 2.18. The lowest BCUT2D eigenvalue weighted by atomic mass is 9.84. The van der Waals surface area contributed by atoms with E-state index in [1.807, 2.05) is 0 Å². The van der Waals surface area contributed by atoms with Gasteiger partial charge in [0, 0.05) is 0 Å². The van der Waals surface area contributed by atoms with Crippen LogP contribution < -0.4 is 0 Å². The molecule has 0 aliphatic heterocycles. The second-order valence-corrected chi connectivity index (χ2v) is 12.8. The van der Waals surface area contributed by atoms with E-state index in [1.165, 1.54) is 98.0 Å². The largest absolute Gasteiger partial charge is 0.0622 e. The van der Waals surface area contributed by atoms with E-state index in [-0.39, 0.29) is 0 Å². The van der Waals surface area contributed by atoms with Crippen LogP contribution >= 0.6 is 0 Å². The van der Waals surface area contributed by atoms with Crippen molar-refractivity contribution in [3.63, 3.8) is 0 Å². The van der Waals surface area contributed by atoms with Gasteiger partial charge < -0.3 is 0 Å². The second-order valence-electron chi connectivity index (χ2n) is 12.8. The standard InChI is InChI=1S/C48H30/c1-3-15-31(16-4-1)41-27-43-37-23-11-13-25-39(37)47(29-45(43)35-21-9-7-19-33(35)41)48-30-46-36-22-10-8-20-34(36)42(32-17-5-2-6-18-32)28-44(46)38-24-12-14-26-40(38)48/h1-30H. The molecule has 222 valence electrons. The van der Waals surface area contributed by atoms with Crippen molar-refractivity contribution >= 4 is 64.6 Å². The Labute approximate surface area is 279 Å². The molecule has 0 amide bonds. The minimum absolute atomic E-state index is 1.24. The Kier molecular flexibility index (Phi) is 5.98. The van der Waals surface area contributed by atoms with E-state index in [0.717, 1.165) is 0 Å². The summed E-state index contributed by atoms with van der Waals surface area (Å²) in [5.74, 6) is 0. The fourth-order valence-electron chi connectivity index (χ4n) is 8.06. The molecule has 0 saturated carbocycles. The van der Waals surface area contributed by atoms with Crippen LogP contribution in [0.5, 0.6) is 0 Å². The van der Waals surface area contributed by atoms with Gasteiger partial charge in [0.25, 0.3) is 0 Å². The molecule has 0 aliphatic carbocycles. The Morgan fingerprint density at radius 2 is 0.396 bits per heavy atom. The summed E-state index contributed by atoms with van der Waals surface area (Å²) in [7, 11) is 0. The summed E-state index contributed by atoms with van der Waals surface area (Å²) in [6.45, 7) is 0. The Morgan fingerprint density at radius 1 is 0.167 bits per heavy atom. The van der Waals surface area contributed by atoms with E-state index in [2.05, 4.69) is 182 Å². The molecule has 0 fully saturated rings. The fraction of sp³-hybridized carbons (Fsp3) is 0. The molecular weight excluding hydrogens is 577 g/mol. The summed E-state index contributed by atoms with van der Waals surface area (Å²) in [5, 5.41) is 15.4. The van der Waals surface area contributed by atoms with Crippen LogP contribution in [0.2, 0.25) is 0 Å². The maximum atomic E-state index is 2.46. The van der Waals surface area contributed by atoms with Crippen molar-refractivity contribution in [3.8, 4) is 33.4 Å². The Hall–Kier alpha value is -6.24. The molecule has 0 heterocycles. The minimum Gasteiger partial charge on any atom is -0.0622 e. The van der Waals surface area contributed by atoms with Gasteiger partial charge in [-0.15, -0.1) is 0 Å². The van der Waals surface area contributed by atoms with Crippen molar-refractivity contribution in [1.29, 1.82) is 0 Å². The molecule has 0 atom stereocenters. The normalized spacial score (nSPS) is 11.8. The lowest BCUT2D eigenvalue weighted by Crippen LogP contribution is -1.91. The van der Waals surface area contributed by atoms with Crippen molar-refractivity contribution in [2.24, 2.45) is 0 Å². The van der Waals surface area contributed by atoms with Gasteiger partial charge in [-0.25, -0.2) is 0 Å². The van der Waals surface area contributed by atoms with Crippen LogP contribution in [-0.4, -0.2) is 0 Å². The zero-order valence-electron chi connectivity index (χ0n) is 26.3. The smallest absolute Gasteiger partial charge is 0.00923 e. The molecule has 10 aromatic rings. The van der Waals surface area contributed by atoms with Gasteiger partial charge in [-0.05, 0) is 122 Å². The highest BCUT2D eigenvalue weighted by molar-refractivity contribution is 6.28. The van der Waals surface area contributed by atoms with Crippen LogP contribution in [-0.2, 0) is 0 Å². The van der Waals surface area contributed by atoms with Gasteiger partial charge in [0.15, 0.2) is 0 Å². The first-order valence-corrected chi connectivity index (χ1v) is 16.7. The van der Waals surface area contributed by atoms with Crippen LogP contribution in [0.3, 0.4) is 0 Å². The molecule has 0 saturated heterocycles. The van der Waals surface area contributed by atoms with Crippen LogP contribution in [0.15, 0.2) is 182 Å². The predicted molar refractivity (Wildman–Crippen MR) is 208 cm³/mol. The van der Waals surface area contributed by atoms with Gasteiger partial charge in [0.05, 0.1) is 0 Å². The number of rotatable bonds is 3. The third-order valence-electron chi connectivity index (χ3n) is 10.2. The van der Waals surface area contributed by atoms with Gasteiger partial charge in [-0.2, -0.15) is 0 Å². The monoisotopic (exact) mass is 606 g/mol. The number of benzene rings is 10. The quantitative estimate of drug-likeness (QED) is 0.176. The lowest BCUT2D eigenvalue weighted by Gasteiger charge is -2.19. The zero-order chi connectivity index (χ0) is 31.6. The molecule has 48 heavy (non-hydrogen) atoms. The second kappa shape index (κ2) is 10.7. The van der Waals surface area contributed by atoms with E-state index in [0.29, 0.717) is 0 Å². The molecule has 0 spiro atoms. The van der Waals surface area contributed by atoms with Gasteiger partial charge in [0.2, 0.25) is 0 Å². The first-order valence-electron chi connectivity index (χ1n) is 16.7. The molecule has 0 unspecified atom stereocenters. The van der Waals surface area contributed by atoms with Crippen LogP contribution in [0.1, 0.15) is 0 Å². The van der Waals surface area contributed by atoms with Crippen LogP contribution in [0, 0.1) is 0 Å². The maximum absolute atomic E-state index is 2.46. The number of hydrogen-bond acceptors (Lipinski definition) is 0. The van der Waals surface area contributed by atoms with Crippen molar-refractivity contribution in [2.75, 3.05) is 0 Å². The number of fused-ring (bicyclic) bond motifs is 10. The third kappa shape index (κ3) is 4.03. The summed E-state index contributed by atoms with van der Waals surface area (Å²) in [4.78, 5) is 0. The zero-order valence-corrected chi connectivity index (χ0v) is 26.3. The summed E-state index contributed by atoms with van der Waals surface area (Å²) < 4.78 is 0. The highest BCUT2D eigenvalue weighted by atomic mass is 14.2. The molecule has 0 bridgehead atoms. The van der Waals surface area contributed by atoms with Gasteiger partial charge in [-0.1, -0.05) is 158 Å². The molecule has 0 aliphatic rings. The van der Waals surface area contributed by atoms with Crippen molar-refractivity contribution in [2.45, 2.75) is 0 Å². The summed E-state index contributed by atoms with van der Waals surface area (Å²) in [6, 6.07) is 67.1. The molecule has 10 aromatic carbocycles. The molecule has 0 heteroatoms. The lowest BCUT2D eigenvalue weighted by molar-refractivity contribution is 1.66. The van der Waals surface area contributed by atoms with Crippen molar-refractivity contribution < 1.29 is 0 Å². The third-order valence-corrected chi connectivity index (χ3v) is 10.2. The fourth-order valence-corrected chi connectivity index (χ4v) is 8.06. The summed E-state index contributed by atoms with van der Waals surface area (Å²) >= 11 is 0. The van der Waals surface area contributed by atoms with Crippen LogP contribution in [0.25, 0.3) is 98.0 Å². The van der Waals surface area contributed by atoms with Crippen LogP contribution in [0.4, 0.5) is 0 Å². The van der Waals surface area contributed by atoms with Gasteiger partial charge in [0.1, 0.15) is 0 Å². The number of hydrogen-bond donors (Lipinski definition) is 0. The summed E-state index contributed by atoms with van der Waals surface area (Å²) in [5.41, 5.74) is 7.56. The van der Waals surface area contributed by atoms with E-state index in [9.17, 15) is 0 Å². The van der Waals surface area contributed by atoms with Gasteiger partial charge >= 0.3 is 0 Å². The Bertz CT molecular complexity index is 2660.